The number of nitrogens with zero attached hydrogens (tertiary/aromatic N) is 1. The van der Waals surface area contributed by atoms with E-state index in [4.69, 9.17) is 0 Å². The van der Waals surface area contributed by atoms with Crippen molar-refractivity contribution in [1.82, 2.24) is 5.43 Å². The smallest absolute Gasteiger partial charge is 0.0958 e. The summed E-state index contributed by atoms with van der Waals surface area (Å²) in [5.74, 6) is 0. The van der Waals surface area contributed by atoms with Crippen LogP contribution in [0.25, 0.3) is 16.8 Å². The summed E-state index contributed by atoms with van der Waals surface area (Å²) in [5, 5.41) is 2.27. The fourth-order valence-electron chi connectivity index (χ4n) is 4.80. The molecule has 1 atom stereocenters. The Hall–Kier alpha value is -3.78. The summed E-state index contributed by atoms with van der Waals surface area (Å²) in [6.45, 7) is 2.27. The van der Waals surface area contributed by atoms with E-state index >= 15 is 0 Å². The Labute approximate surface area is 209 Å². The highest BCUT2D eigenvalue weighted by Gasteiger charge is 2.27. The molecule has 0 saturated heterocycles. The molecule has 176 valence electrons. The average molecular weight is 459 g/mol. The Morgan fingerprint density at radius 3 is 1.94 bits per heavy atom. The van der Waals surface area contributed by atoms with Crippen molar-refractivity contribution in [2.24, 2.45) is 0 Å². The van der Waals surface area contributed by atoms with Crippen molar-refractivity contribution in [2.75, 3.05) is 5.01 Å². The Morgan fingerprint density at radius 2 is 1.26 bits per heavy atom. The number of rotatable bonds is 9. The maximum Gasteiger partial charge on any atom is 0.0958 e. The van der Waals surface area contributed by atoms with Gasteiger partial charge in [0.15, 0.2) is 0 Å². The normalized spacial score (nSPS) is 15.1. The highest BCUT2D eigenvalue weighted by Crippen LogP contribution is 2.35. The summed E-state index contributed by atoms with van der Waals surface area (Å²) in [6.07, 6.45) is 8.73. The second kappa shape index (κ2) is 11.1. The van der Waals surface area contributed by atoms with Crippen molar-refractivity contribution in [1.29, 1.82) is 0 Å². The van der Waals surface area contributed by atoms with Crippen LogP contribution in [0.2, 0.25) is 0 Å². The van der Waals surface area contributed by atoms with Crippen LogP contribution in [0, 0.1) is 0 Å². The molecule has 0 saturated carbocycles. The van der Waals surface area contributed by atoms with Gasteiger partial charge in [-0.25, -0.2) is 0 Å². The molecule has 0 bridgehead atoms. The number of benzene rings is 4. The van der Waals surface area contributed by atoms with Gasteiger partial charge in [-0.2, -0.15) is 0 Å². The number of nitrogens with one attached hydrogen (secondary N) is 1. The van der Waals surface area contributed by atoms with E-state index in [2.05, 4.69) is 133 Å². The molecule has 35 heavy (non-hydrogen) atoms. The summed E-state index contributed by atoms with van der Waals surface area (Å²) >= 11 is 0. The first-order chi connectivity index (χ1) is 17.3. The highest BCUT2D eigenvalue weighted by molar-refractivity contribution is 5.74. The summed E-state index contributed by atoms with van der Waals surface area (Å²) in [7, 11) is 0. The zero-order chi connectivity index (χ0) is 23.9. The summed E-state index contributed by atoms with van der Waals surface area (Å²) in [4.78, 5) is 0. The van der Waals surface area contributed by atoms with Crippen molar-refractivity contribution in [3.63, 3.8) is 0 Å². The lowest BCUT2D eigenvalue weighted by molar-refractivity contribution is 0.666. The molecule has 4 aromatic rings. The van der Waals surface area contributed by atoms with Gasteiger partial charge in [0.2, 0.25) is 0 Å². The van der Waals surface area contributed by atoms with Gasteiger partial charge >= 0.3 is 0 Å². The fourth-order valence-corrected chi connectivity index (χ4v) is 4.80. The minimum atomic E-state index is 0.135. The van der Waals surface area contributed by atoms with Crippen molar-refractivity contribution < 1.29 is 0 Å². The Morgan fingerprint density at radius 1 is 0.629 bits per heavy atom. The molecule has 1 aliphatic rings. The van der Waals surface area contributed by atoms with Crippen molar-refractivity contribution in [3.05, 3.63) is 132 Å². The second-order valence-corrected chi connectivity index (χ2v) is 9.34. The molecule has 0 aromatic heterocycles. The predicted molar refractivity (Wildman–Crippen MR) is 149 cm³/mol. The van der Waals surface area contributed by atoms with Gasteiger partial charge in [-0.1, -0.05) is 123 Å². The van der Waals surface area contributed by atoms with E-state index in [1.54, 1.807) is 0 Å². The molecule has 1 aliphatic heterocycles. The SMILES string of the molecule is CCCCCCc1ccc(C2C=C(c3ccc(-c4ccccc4)cc3)NN2c2ccccc2)cc1. The first kappa shape index (κ1) is 23.0. The third-order valence-electron chi connectivity index (χ3n) is 6.82. The van der Waals surface area contributed by atoms with Crippen LogP contribution in [0.15, 0.2) is 115 Å². The molecule has 0 amide bonds. The number of anilines is 1. The van der Waals surface area contributed by atoms with Gasteiger partial charge in [0.1, 0.15) is 0 Å². The van der Waals surface area contributed by atoms with E-state index in [0.29, 0.717) is 0 Å². The van der Waals surface area contributed by atoms with Gasteiger partial charge in [0.25, 0.3) is 0 Å². The van der Waals surface area contributed by atoms with E-state index < -0.39 is 0 Å². The van der Waals surface area contributed by atoms with Gasteiger partial charge in [0.05, 0.1) is 17.4 Å². The summed E-state index contributed by atoms with van der Waals surface area (Å²) in [6, 6.07) is 39.3. The number of hydrazine groups is 1. The number of aryl methyl sites for hydroxylation is 1. The lowest BCUT2D eigenvalue weighted by atomic mass is 9.99. The molecule has 0 fully saturated rings. The predicted octanol–water partition coefficient (Wildman–Crippen LogP) is 8.58. The Kier molecular flexibility index (Phi) is 7.29. The Bertz CT molecular complexity index is 1230. The zero-order valence-electron chi connectivity index (χ0n) is 20.5. The van der Waals surface area contributed by atoms with E-state index in [9.17, 15) is 0 Å². The third-order valence-corrected chi connectivity index (χ3v) is 6.82. The molecule has 2 nitrogen and oxygen atoms in total. The molecule has 1 heterocycles. The van der Waals surface area contributed by atoms with Gasteiger partial charge in [-0.05, 0) is 58.9 Å². The molecule has 5 rings (SSSR count). The standard InChI is InChI=1S/C33H34N2/c1-2-3-4-7-12-26-17-19-30(20-18-26)33-25-32(34-35(33)31-15-10-6-11-16-31)29-23-21-28(22-24-29)27-13-8-5-9-14-27/h5-6,8-11,13-25,33-34H,2-4,7,12H2,1H3. The summed E-state index contributed by atoms with van der Waals surface area (Å²) < 4.78 is 0. The van der Waals surface area contributed by atoms with Crippen molar-refractivity contribution >= 4 is 11.4 Å². The van der Waals surface area contributed by atoms with Crippen molar-refractivity contribution in [3.8, 4) is 11.1 Å². The molecule has 0 aliphatic carbocycles. The topological polar surface area (TPSA) is 15.3 Å². The van der Waals surface area contributed by atoms with Crippen LogP contribution in [-0.4, -0.2) is 0 Å². The van der Waals surface area contributed by atoms with Crippen LogP contribution in [0.1, 0.15) is 55.3 Å². The van der Waals surface area contributed by atoms with Crippen LogP contribution in [0.4, 0.5) is 5.69 Å². The highest BCUT2D eigenvalue weighted by atomic mass is 15.5. The van der Waals surface area contributed by atoms with Crippen LogP contribution in [0.3, 0.4) is 0 Å². The lowest BCUT2D eigenvalue weighted by Crippen LogP contribution is -2.33. The quantitative estimate of drug-likeness (QED) is 0.253. The number of hydrogen-bond donors (Lipinski definition) is 1. The first-order valence-electron chi connectivity index (χ1n) is 12.9. The third kappa shape index (κ3) is 5.49. The molecular weight excluding hydrogens is 424 g/mol. The van der Waals surface area contributed by atoms with E-state index in [0.717, 1.165) is 11.4 Å². The van der Waals surface area contributed by atoms with E-state index in [1.165, 1.54) is 59.9 Å². The van der Waals surface area contributed by atoms with Gasteiger partial charge in [-0.15, -0.1) is 0 Å². The lowest BCUT2D eigenvalue weighted by Gasteiger charge is -2.27. The Balaban J connectivity index is 1.39. The molecule has 4 aromatic carbocycles. The van der Waals surface area contributed by atoms with Crippen molar-refractivity contribution in [2.45, 2.75) is 45.1 Å². The molecular formula is C33H34N2. The van der Waals surface area contributed by atoms with E-state index in [1.807, 2.05) is 0 Å². The largest absolute Gasteiger partial charge is 0.297 e. The maximum absolute atomic E-state index is 3.69. The molecule has 0 radical (unpaired) electrons. The molecule has 1 unspecified atom stereocenters. The average Bonchev–Trinajstić information content (AvgIpc) is 3.38. The zero-order valence-corrected chi connectivity index (χ0v) is 20.5. The van der Waals surface area contributed by atoms with Crippen LogP contribution < -0.4 is 10.4 Å². The van der Waals surface area contributed by atoms with Gasteiger partial charge in [0, 0.05) is 0 Å². The number of hydrogen-bond acceptors (Lipinski definition) is 2. The number of unbranched alkanes of at least 4 members (excludes halogenated alkanes) is 3. The number of para-hydroxylation sites is 1. The molecule has 0 spiro atoms. The minimum Gasteiger partial charge on any atom is -0.297 e. The minimum absolute atomic E-state index is 0.135. The maximum atomic E-state index is 3.69. The fraction of sp³-hybridized carbons (Fsp3) is 0.212. The second-order valence-electron chi connectivity index (χ2n) is 9.34. The van der Waals surface area contributed by atoms with E-state index in [-0.39, 0.29) is 6.04 Å². The van der Waals surface area contributed by atoms with Crippen LogP contribution in [-0.2, 0) is 6.42 Å². The van der Waals surface area contributed by atoms with Crippen LogP contribution in [0.5, 0.6) is 0 Å². The van der Waals surface area contributed by atoms with Crippen LogP contribution >= 0.6 is 0 Å². The molecule has 1 N–H and O–H groups in total. The van der Waals surface area contributed by atoms with Gasteiger partial charge < -0.3 is 0 Å². The summed E-state index contributed by atoms with van der Waals surface area (Å²) in [5.41, 5.74) is 12.4. The first-order valence-corrected chi connectivity index (χ1v) is 12.9. The van der Waals surface area contributed by atoms with Gasteiger partial charge in [-0.3, -0.25) is 10.4 Å². The monoisotopic (exact) mass is 458 g/mol. The molecule has 2 heteroatoms.